The van der Waals surface area contributed by atoms with Crippen LogP contribution >= 0.6 is 0 Å². The molecule has 1 aromatic heterocycles. The van der Waals surface area contributed by atoms with Gasteiger partial charge in [-0.1, -0.05) is 0 Å². The summed E-state index contributed by atoms with van der Waals surface area (Å²) in [5.74, 6) is 0. The molecule has 5 nitrogen and oxygen atoms in total. The molecule has 0 unspecified atom stereocenters. The molecular weight excluding hydrogens is 477 g/mol. The van der Waals surface area contributed by atoms with Crippen LogP contribution in [0, 0.1) is 0 Å². The van der Waals surface area contributed by atoms with Crippen molar-refractivity contribution in [2.24, 2.45) is 0 Å². The van der Waals surface area contributed by atoms with E-state index in [0.717, 1.165) is 43.5 Å². The van der Waals surface area contributed by atoms with Gasteiger partial charge in [-0.05, 0) is 0 Å². The normalized spacial score (nSPS) is 14.9. The first-order valence-corrected chi connectivity index (χ1v) is 13.4. The van der Waals surface area contributed by atoms with Crippen molar-refractivity contribution >= 4 is 42.1 Å². The molecule has 6 heteroatoms. The number of nitrogens with zero attached hydrogens (tertiary/aromatic N) is 3. The van der Waals surface area contributed by atoms with Gasteiger partial charge in [0.05, 0.1) is 0 Å². The van der Waals surface area contributed by atoms with E-state index in [4.69, 9.17) is 0 Å². The van der Waals surface area contributed by atoms with Gasteiger partial charge in [0.2, 0.25) is 0 Å². The van der Waals surface area contributed by atoms with Crippen molar-refractivity contribution in [1.29, 1.82) is 0 Å². The fourth-order valence-corrected chi connectivity index (χ4v) is 6.83. The van der Waals surface area contributed by atoms with Gasteiger partial charge >= 0.3 is 198 Å². The third kappa shape index (κ3) is 5.65. The molecule has 4 rings (SSSR count). The van der Waals surface area contributed by atoms with E-state index in [2.05, 4.69) is 90.4 Å². The number of rotatable bonds is 10. The first kappa shape index (κ1) is 23.9. The standard InChI is InChI=1S/C27H35N3O2Se/c1-30(2,18-20-32)17-7-14-28-16-13-22(23-9-3-4-10-24(23)28)21-27-29(15-8-19-31)25-11-5-6-12-26(25)33-27/h3-6,9-13,16,21,31-32H,7-8,14-15,17-20H2,1-2H3/q+2. The summed E-state index contributed by atoms with van der Waals surface area (Å²) in [6.07, 6.45) is 6.40. The average Bonchev–Trinajstić information content (AvgIpc) is 3.15. The summed E-state index contributed by atoms with van der Waals surface area (Å²) in [7, 11) is 4.36. The Labute approximate surface area is 203 Å². The van der Waals surface area contributed by atoms with Crippen LogP contribution in [0.25, 0.3) is 17.0 Å². The van der Waals surface area contributed by atoms with Crippen LogP contribution in [0.1, 0.15) is 18.4 Å². The monoisotopic (exact) mass is 513 g/mol. The second kappa shape index (κ2) is 10.8. The summed E-state index contributed by atoms with van der Waals surface area (Å²) in [6, 6.07) is 19.6. The number of aliphatic hydroxyl groups excluding tert-OH is 2. The van der Waals surface area contributed by atoms with Crippen molar-refractivity contribution in [3.8, 4) is 0 Å². The molecule has 2 heterocycles. The molecular formula is C27H35N3O2Se+2. The number of benzene rings is 2. The molecule has 2 aromatic carbocycles. The zero-order valence-electron chi connectivity index (χ0n) is 19.7. The summed E-state index contributed by atoms with van der Waals surface area (Å²) in [6.45, 7) is 4.06. The molecule has 2 N–H and O–H groups in total. The van der Waals surface area contributed by atoms with Gasteiger partial charge < -0.3 is 5.11 Å². The summed E-state index contributed by atoms with van der Waals surface area (Å²) in [5.41, 5.74) is 3.79. The average molecular weight is 513 g/mol. The number of para-hydroxylation sites is 2. The number of fused-ring (bicyclic) bond motifs is 2. The van der Waals surface area contributed by atoms with Gasteiger partial charge in [0.25, 0.3) is 0 Å². The van der Waals surface area contributed by atoms with Crippen LogP contribution < -0.4 is 13.9 Å². The quantitative estimate of drug-likeness (QED) is 0.249. The minimum atomic E-state index is 0.209. The Morgan fingerprint density at radius 2 is 1.73 bits per heavy atom. The fraction of sp³-hybridized carbons (Fsp3) is 0.370. The van der Waals surface area contributed by atoms with Crippen molar-refractivity contribution in [3.05, 3.63) is 71.0 Å². The van der Waals surface area contributed by atoms with E-state index >= 15 is 0 Å². The molecule has 0 bridgehead atoms. The number of aliphatic hydroxyl groups is 2. The molecule has 0 amide bonds. The number of anilines is 1. The zero-order chi connectivity index (χ0) is 23.3. The van der Waals surface area contributed by atoms with Crippen molar-refractivity contribution in [2.45, 2.75) is 19.4 Å². The van der Waals surface area contributed by atoms with Gasteiger partial charge in [0.1, 0.15) is 0 Å². The van der Waals surface area contributed by atoms with Gasteiger partial charge in [-0.3, -0.25) is 0 Å². The van der Waals surface area contributed by atoms with Gasteiger partial charge in [0.15, 0.2) is 0 Å². The van der Waals surface area contributed by atoms with Gasteiger partial charge in [-0.25, -0.2) is 0 Å². The molecule has 1 aliphatic heterocycles. The molecule has 0 saturated heterocycles. The molecule has 0 spiro atoms. The number of pyridine rings is 1. The first-order valence-electron chi connectivity index (χ1n) is 11.7. The minimum absolute atomic E-state index is 0.209. The second-order valence-corrected chi connectivity index (χ2v) is 11.5. The molecule has 0 saturated carbocycles. The first-order chi connectivity index (χ1) is 16.0. The number of hydrogen-bond acceptors (Lipinski definition) is 3. The molecule has 174 valence electrons. The van der Waals surface area contributed by atoms with Crippen LogP contribution in [0.4, 0.5) is 5.69 Å². The van der Waals surface area contributed by atoms with Crippen molar-refractivity contribution < 1.29 is 19.3 Å². The van der Waals surface area contributed by atoms with Gasteiger partial charge in [-0.15, -0.1) is 0 Å². The Balaban J connectivity index is 1.61. The predicted molar refractivity (Wildman–Crippen MR) is 137 cm³/mol. The van der Waals surface area contributed by atoms with E-state index in [1.165, 1.54) is 31.2 Å². The van der Waals surface area contributed by atoms with E-state index in [0.29, 0.717) is 0 Å². The molecule has 0 aliphatic carbocycles. The molecule has 1 aliphatic rings. The van der Waals surface area contributed by atoms with Crippen molar-refractivity contribution in [2.75, 3.05) is 51.8 Å². The van der Waals surface area contributed by atoms with E-state index in [-0.39, 0.29) is 28.2 Å². The number of likely N-dealkylation sites (N-methyl/N-ethyl adjacent to an activating group) is 1. The summed E-state index contributed by atoms with van der Waals surface area (Å²) in [5, 5.41) is 20.0. The Hall–Kier alpha value is -2.21. The van der Waals surface area contributed by atoms with E-state index in [9.17, 15) is 10.2 Å². The van der Waals surface area contributed by atoms with Crippen LogP contribution in [0.3, 0.4) is 0 Å². The predicted octanol–water partition coefficient (Wildman–Crippen LogP) is 2.12. The second-order valence-electron chi connectivity index (χ2n) is 9.22. The van der Waals surface area contributed by atoms with Crippen LogP contribution in [0.2, 0.25) is 0 Å². The van der Waals surface area contributed by atoms with Crippen molar-refractivity contribution in [1.82, 2.24) is 0 Å². The molecule has 0 atom stereocenters. The number of aryl methyl sites for hydroxylation is 1. The summed E-state index contributed by atoms with van der Waals surface area (Å²) < 4.78 is 5.95. The topological polar surface area (TPSA) is 47.6 Å². The number of quaternary nitrogens is 1. The summed E-state index contributed by atoms with van der Waals surface area (Å²) >= 11 is 0.259. The molecule has 33 heavy (non-hydrogen) atoms. The Morgan fingerprint density at radius 1 is 0.939 bits per heavy atom. The molecule has 0 fully saturated rings. The van der Waals surface area contributed by atoms with Crippen LogP contribution in [0.5, 0.6) is 0 Å². The third-order valence-electron chi connectivity index (χ3n) is 6.28. The Kier molecular flexibility index (Phi) is 7.84. The van der Waals surface area contributed by atoms with E-state index in [1.54, 1.807) is 0 Å². The maximum absolute atomic E-state index is 9.42. The SMILES string of the molecule is C[N+](C)(CCO)CCC[n+]1ccc(/C=C2\[Se]c3ccccc3N2CCCO)c2ccccc21. The third-order valence-corrected chi connectivity index (χ3v) is 8.62. The molecule has 0 radical (unpaired) electrons. The molecule has 3 aromatic rings. The summed E-state index contributed by atoms with van der Waals surface area (Å²) in [4.78, 5) is 2.39. The number of hydrogen-bond donors (Lipinski definition) is 2. The van der Waals surface area contributed by atoms with Crippen LogP contribution in [0.15, 0.2) is 65.4 Å². The Bertz CT molecular complexity index is 1130. The van der Waals surface area contributed by atoms with Gasteiger partial charge in [-0.2, -0.15) is 0 Å². The van der Waals surface area contributed by atoms with Gasteiger partial charge in [0, 0.05) is 0 Å². The van der Waals surface area contributed by atoms with E-state index in [1.807, 2.05) is 0 Å². The fourth-order valence-electron chi connectivity index (χ4n) is 4.43. The number of aromatic nitrogens is 1. The van der Waals surface area contributed by atoms with Crippen LogP contribution in [-0.4, -0.2) is 76.6 Å². The Morgan fingerprint density at radius 3 is 2.55 bits per heavy atom. The maximum atomic E-state index is 9.42. The zero-order valence-corrected chi connectivity index (χ0v) is 21.4. The van der Waals surface area contributed by atoms with Crippen LogP contribution in [-0.2, 0) is 6.54 Å². The van der Waals surface area contributed by atoms with E-state index < -0.39 is 0 Å². The van der Waals surface area contributed by atoms with Crippen molar-refractivity contribution in [3.63, 3.8) is 0 Å².